The highest BCUT2D eigenvalue weighted by molar-refractivity contribution is 5.89. The van der Waals surface area contributed by atoms with Crippen molar-refractivity contribution in [2.24, 2.45) is 5.73 Å². The lowest BCUT2D eigenvalue weighted by Crippen LogP contribution is -2.21. The molecule has 4 nitrogen and oxygen atoms in total. The first kappa shape index (κ1) is 12.2. The monoisotopic (exact) mass is 258 g/mol. The Morgan fingerprint density at radius 2 is 1.89 bits per heavy atom. The molecular weight excluding hydrogens is 240 g/mol. The normalized spacial score (nSPS) is 16.4. The Balaban J connectivity index is 2.24. The number of pyridine rings is 1. The van der Waals surface area contributed by atoms with Gasteiger partial charge in [-0.25, -0.2) is 0 Å². The second-order valence-corrected chi connectivity index (χ2v) is 5.07. The molecule has 0 unspecified atom stereocenters. The molecule has 0 bridgehead atoms. The van der Waals surface area contributed by atoms with Crippen LogP contribution in [0.3, 0.4) is 0 Å². The second kappa shape index (κ2) is 4.38. The smallest absolute Gasteiger partial charge is 0.161 e. The van der Waals surface area contributed by atoms with Gasteiger partial charge in [-0.3, -0.25) is 4.98 Å². The van der Waals surface area contributed by atoms with Crippen molar-refractivity contribution >= 4 is 10.8 Å². The Morgan fingerprint density at radius 3 is 2.47 bits per heavy atom. The lowest BCUT2D eigenvalue weighted by molar-refractivity contribution is 0.356. The van der Waals surface area contributed by atoms with Crippen molar-refractivity contribution in [2.75, 3.05) is 20.8 Å². The minimum Gasteiger partial charge on any atom is -0.493 e. The van der Waals surface area contributed by atoms with Crippen molar-refractivity contribution < 1.29 is 9.47 Å². The van der Waals surface area contributed by atoms with E-state index in [2.05, 4.69) is 4.98 Å². The summed E-state index contributed by atoms with van der Waals surface area (Å²) in [6.07, 6.45) is 4.08. The van der Waals surface area contributed by atoms with E-state index >= 15 is 0 Å². The summed E-state index contributed by atoms with van der Waals surface area (Å²) >= 11 is 0. The van der Waals surface area contributed by atoms with Gasteiger partial charge < -0.3 is 15.2 Å². The van der Waals surface area contributed by atoms with Crippen LogP contribution in [0.4, 0.5) is 0 Å². The third-order valence-corrected chi connectivity index (χ3v) is 4.02. The van der Waals surface area contributed by atoms with Crippen molar-refractivity contribution in [3.63, 3.8) is 0 Å². The fraction of sp³-hybridized carbons (Fsp3) is 0.400. The minimum absolute atomic E-state index is 0.0686. The quantitative estimate of drug-likeness (QED) is 0.913. The number of benzene rings is 1. The molecule has 19 heavy (non-hydrogen) atoms. The van der Waals surface area contributed by atoms with Crippen LogP contribution in [0.2, 0.25) is 0 Å². The van der Waals surface area contributed by atoms with Crippen LogP contribution >= 0.6 is 0 Å². The zero-order chi connectivity index (χ0) is 13.5. The van der Waals surface area contributed by atoms with Gasteiger partial charge >= 0.3 is 0 Å². The summed E-state index contributed by atoms with van der Waals surface area (Å²) in [5.74, 6) is 1.47. The standard InChI is InChI=1S/C15H18N2O2/c1-18-12-7-10-3-6-17-14(15(9-16)4-5-15)11(10)8-13(12)19-2/h3,6-8H,4-5,9,16H2,1-2H3. The number of nitrogens with zero attached hydrogens (tertiary/aromatic N) is 1. The summed E-state index contributed by atoms with van der Waals surface area (Å²) in [7, 11) is 3.30. The molecule has 1 aliphatic carbocycles. The molecule has 100 valence electrons. The first-order chi connectivity index (χ1) is 9.24. The first-order valence-electron chi connectivity index (χ1n) is 6.45. The third kappa shape index (κ3) is 1.83. The zero-order valence-corrected chi connectivity index (χ0v) is 11.3. The molecule has 0 saturated heterocycles. The summed E-state index contributed by atoms with van der Waals surface area (Å²) in [6, 6.07) is 5.99. The van der Waals surface area contributed by atoms with Crippen LogP contribution in [-0.4, -0.2) is 25.7 Å². The van der Waals surface area contributed by atoms with E-state index in [0.29, 0.717) is 6.54 Å². The Bertz CT molecular complexity index is 621. The number of ether oxygens (including phenoxy) is 2. The third-order valence-electron chi connectivity index (χ3n) is 4.02. The highest BCUT2D eigenvalue weighted by Crippen LogP contribution is 2.49. The molecule has 3 rings (SSSR count). The van der Waals surface area contributed by atoms with Gasteiger partial charge in [0.05, 0.1) is 19.9 Å². The molecule has 4 heteroatoms. The molecule has 1 saturated carbocycles. The van der Waals surface area contributed by atoms with Crippen molar-refractivity contribution in [1.29, 1.82) is 0 Å². The summed E-state index contributed by atoms with van der Waals surface area (Å²) in [4.78, 5) is 4.57. The minimum atomic E-state index is 0.0686. The summed E-state index contributed by atoms with van der Waals surface area (Å²) in [5.41, 5.74) is 7.08. The van der Waals surface area contributed by atoms with Crippen LogP contribution in [0.1, 0.15) is 18.5 Å². The Labute approximate surface area is 112 Å². The van der Waals surface area contributed by atoms with E-state index in [1.165, 1.54) is 0 Å². The van der Waals surface area contributed by atoms with Crippen LogP contribution in [0.5, 0.6) is 11.5 Å². The first-order valence-corrected chi connectivity index (χ1v) is 6.45. The molecule has 0 atom stereocenters. The lowest BCUT2D eigenvalue weighted by atomic mass is 9.96. The topological polar surface area (TPSA) is 57.4 Å². The number of hydrogen-bond acceptors (Lipinski definition) is 4. The number of methoxy groups -OCH3 is 2. The highest BCUT2D eigenvalue weighted by atomic mass is 16.5. The van der Waals surface area contributed by atoms with Gasteiger partial charge in [0.25, 0.3) is 0 Å². The van der Waals surface area contributed by atoms with E-state index in [-0.39, 0.29) is 5.41 Å². The SMILES string of the molecule is COc1cc2ccnc(C3(CN)CC3)c2cc1OC. The van der Waals surface area contributed by atoms with E-state index in [0.717, 1.165) is 40.8 Å². The molecule has 0 radical (unpaired) electrons. The van der Waals surface area contributed by atoms with E-state index < -0.39 is 0 Å². The molecule has 0 spiro atoms. The number of fused-ring (bicyclic) bond motifs is 1. The fourth-order valence-corrected chi connectivity index (χ4v) is 2.61. The van der Waals surface area contributed by atoms with Gasteiger partial charge in [0.2, 0.25) is 0 Å². The van der Waals surface area contributed by atoms with Crippen molar-refractivity contribution in [2.45, 2.75) is 18.3 Å². The predicted octanol–water partition coefficient (Wildman–Crippen LogP) is 2.24. The Hall–Kier alpha value is -1.81. The van der Waals surface area contributed by atoms with Gasteiger partial charge in [0.15, 0.2) is 11.5 Å². The molecular formula is C15H18N2O2. The fourth-order valence-electron chi connectivity index (χ4n) is 2.61. The molecule has 1 heterocycles. The number of aromatic nitrogens is 1. The van der Waals surface area contributed by atoms with Gasteiger partial charge in [-0.05, 0) is 36.4 Å². The van der Waals surface area contributed by atoms with Crippen molar-refractivity contribution in [3.8, 4) is 11.5 Å². The van der Waals surface area contributed by atoms with Crippen LogP contribution in [0, 0.1) is 0 Å². The van der Waals surface area contributed by atoms with E-state index in [1.54, 1.807) is 14.2 Å². The largest absolute Gasteiger partial charge is 0.493 e. The van der Waals surface area contributed by atoms with Crippen LogP contribution in [-0.2, 0) is 5.41 Å². The van der Waals surface area contributed by atoms with Crippen LogP contribution < -0.4 is 15.2 Å². The van der Waals surface area contributed by atoms with Crippen molar-refractivity contribution in [1.82, 2.24) is 4.98 Å². The Kier molecular flexibility index (Phi) is 2.82. The molecule has 0 amide bonds. The summed E-state index contributed by atoms with van der Waals surface area (Å²) in [6.45, 7) is 0.646. The van der Waals surface area contributed by atoms with Crippen LogP contribution in [0.15, 0.2) is 24.4 Å². The molecule has 0 aliphatic heterocycles. The summed E-state index contributed by atoms with van der Waals surface area (Å²) < 4.78 is 10.7. The maximum Gasteiger partial charge on any atom is 0.161 e. The molecule has 1 aromatic heterocycles. The molecule has 1 fully saturated rings. The summed E-state index contributed by atoms with van der Waals surface area (Å²) in [5, 5.41) is 2.23. The number of nitrogens with two attached hydrogens (primary N) is 1. The second-order valence-electron chi connectivity index (χ2n) is 5.07. The Morgan fingerprint density at radius 1 is 1.21 bits per heavy atom. The van der Waals surface area contributed by atoms with E-state index in [1.807, 2.05) is 24.4 Å². The maximum atomic E-state index is 5.92. The molecule has 2 aromatic rings. The van der Waals surface area contributed by atoms with Gasteiger partial charge in [-0.1, -0.05) is 0 Å². The zero-order valence-electron chi connectivity index (χ0n) is 11.3. The highest BCUT2D eigenvalue weighted by Gasteiger charge is 2.45. The molecule has 2 N–H and O–H groups in total. The van der Waals surface area contributed by atoms with Crippen LogP contribution in [0.25, 0.3) is 10.8 Å². The van der Waals surface area contributed by atoms with Gasteiger partial charge in [0, 0.05) is 23.5 Å². The van der Waals surface area contributed by atoms with E-state index in [9.17, 15) is 0 Å². The van der Waals surface area contributed by atoms with Crippen molar-refractivity contribution in [3.05, 3.63) is 30.1 Å². The van der Waals surface area contributed by atoms with Gasteiger partial charge in [-0.15, -0.1) is 0 Å². The predicted molar refractivity (Wildman–Crippen MR) is 74.8 cm³/mol. The number of rotatable bonds is 4. The number of hydrogen-bond donors (Lipinski definition) is 1. The molecule has 1 aromatic carbocycles. The lowest BCUT2D eigenvalue weighted by Gasteiger charge is -2.16. The van der Waals surface area contributed by atoms with Gasteiger partial charge in [0.1, 0.15) is 0 Å². The average Bonchev–Trinajstić information content (AvgIpc) is 3.26. The average molecular weight is 258 g/mol. The maximum absolute atomic E-state index is 5.92. The van der Waals surface area contributed by atoms with Gasteiger partial charge in [-0.2, -0.15) is 0 Å². The molecule has 1 aliphatic rings. The van der Waals surface area contributed by atoms with E-state index in [4.69, 9.17) is 15.2 Å².